The third-order valence-electron chi connectivity index (χ3n) is 6.87. The highest BCUT2D eigenvalue weighted by Gasteiger charge is 2.38. The van der Waals surface area contributed by atoms with Gasteiger partial charge < -0.3 is 4.74 Å². The molecule has 0 unspecified atom stereocenters. The van der Waals surface area contributed by atoms with E-state index in [0.717, 1.165) is 6.20 Å². The Balaban J connectivity index is 1.44. The van der Waals surface area contributed by atoms with Crippen LogP contribution in [0.1, 0.15) is 41.5 Å². The van der Waals surface area contributed by atoms with Crippen LogP contribution >= 0.6 is 11.6 Å². The van der Waals surface area contributed by atoms with Crippen LogP contribution < -0.4 is 10.3 Å². The molecule has 0 radical (unpaired) electrons. The maximum absolute atomic E-state index is 14.0. The molecule has 4 aromatic rings. The highest BCUT2D eigenvalue weighted by molar-refractivity contribution is 7.91. The molecule has 9 nitrogen and oxygen atoms in total. The molecule has 1 fully saturated rings. The van der Waals surface area contributed by atoms with Crippen molar-refractivity contribution in [3.8, 4) is 22.8 Å². The van der Waals surface area contributed by atoms with Gasteiger partial charge in [-0.15, -0.1) is 0 Å². The summed E-state index contributed by atoms with van der Waals surface area (Å²) >= 11 is 6.37. The van der Waals surface area contributed by atoms with E-state index in [0.29, 0.717) is 53.1 Å². The Hall–Kier alpha value is -3.77. The molecule has 1 aliphatic rings. The predicted molar refractivity (Wildman–Crippen MR) is 144 cm³/mol. The first-order chi connectivity index (χ1) is 18.9. The summed E-state index contributed by atoms with van der Waals surface area (Å²) in [5.41, 5.74) is 2.03. The van der Waals surface area contributed by atoms with Crippen LogP contribution in [0.5, 0.6) is 5.75 Å². The second-order valence-electron chi connectivity index (χ2n) is 9.75. The maximum atomic E-state index is 14.0. The van der Waals surface area contributed by atoms with Crippen molar-refractivity contribution in [1.82, 2.24) is 24.5 Å². The lowest BCUT2D eigenvalue weighted by atomic mass is 9.84. The molecule has 4 heterocycles. The van der Waals surface area contributed by atoms with Gasteiger partial charge in [0.1, 0.15) is 44.6 Å². The second-order valence-corrected chi connectivity index (χ2v) is 12.5. The lowest BCUT2D eigenvalue weighted by Gasteiger charge is -2.32. The van der Waals surface area contributed by atoms with E-state index in [1.807, 2.05) is 0 Å². The molecule has 5 rings (SSSR count). The third-order valence-corrected chi connectivity index (χ3v) is 8.81. The van der Waals surface area contributed by atoms with Gasteiger partial charge >= 0.3 is 0 Å². The summed E-state index contributed by atoms with van der Waals surface area (Å²) in [5.74, 6) is -1.16. The van der Waals surface area contributed by atoms with Gasteiger partial charge in [0.05, 0.1) is 28.5 Å². The van der Waals surface area contributed by atoms with Crippen LogP contribution in [0.25, 0.3) is 17.1 Å². The van der Waals surface area contributed by atoms with E-state index in [2.05, 4.69) is 19.9 Å². The standard InChI is InChI=1S/C27H24ClF2N5O4S/c1-14-11-32-21(20-4-5-31-26(34-20)16-7-18(8-16)40(3,37)38)10-23(14)35-15(2)6-24(25(28)27(35)36)39-13-22-19(30)9-17(29)12-33-22/h4-6,9-12,16,18H,7-8,13H2,1-3H3. The fraction of sp³-hybridized carbons (Fsp3) is 0.296. The summed E-state index contributed by atoms with van der Waals surface area (Å²) in [6, 6.07) is 5.65. The second kappa shape index (κ2) is 10.7. The van der Waals surface area contributed by atoms with Crippen LogP contribution in [0, 0.1) is 25.5 Å². The van der Waals surface area contributed by atoms with E-state index in [4.69, 9.17) is 16.3 Å². The van der Waals surface area contributed by atoms with Crippen LogP contribution in [0.3, 0.4) is 0 Å². The molecule has 0 aromatic carbocycles. The summed E-state index contributed by atoms with van der Waals surface area (Å²) in [6.07, 6.45) is 6.27. The smallest absolute Gasteiger partial charge is 0.277 e. The zero-order valence-electron chi connectivity index (χ0n) is 21.7. The number of hydrogen-bond acceptors (Lipinski definition) is 8. The minimum absolute atomic E-state index is 0.0335. The third kappa shape index (κ3) is 5.46. The van der Waals surface area contributed by atoms with Crippen molar-refractivity contribution in [2.45, 2.75) is 44.5 Å². The fourth-order valence-electron chi connectivity index (χ4n) is 4.51. The average molecular weight is 588 g/mol. The minimum atomic E-state index is -3.10. The number of hydrogen-bond donors (Lipinski definition) is 0. The Kier molecular flexibility index (Phi) is 7.40. The van der Waals surface area contributed by atoms with Crippen LogP contribution in [-0.2, 0) is 16.4 Å². The molecule has 1 saturated carbocycles. The zero-order valence-corrected chi connectivity index (χ0v) is 23.3. The van der Waals surface area contributed by atoms with Crippen LogP contribution in [0.2, 0.25) is 5.02 Å². The molecular formula is C27H24ClF2N5O4S. The number of pyridine rings is 3. The summed E-state index contributed by atoms with van der Waals surface area (Å²) in [5, 5.41) is -0.605. The summed E-state index contributed by atoms with van der Waals surface area (Å²) < 4.78 is 57.6. The van der Waals surface area contributed by atoms with Crippen molar-refractivity contribution in [3.05, 3.63) is 92.6 Å². The van der Waals surface area contributed by atoms with Crippen molar-refractivity contribution in [2.75, 3.05) is 6.26 Å². The van der Waals surface area contributed by atoms with Crippen LogP contribution in [-0.4, -0.2) is 44.4 Å². The van der Waals surface area contributed by atoms with E-state index in [1.165, 1.54) is 10.8 Å². The minimum Gasteiger partial charge on any atom is -0.485 e. The van der Waals surface area contributed by atoms with Gasteiger partial charge in [0.15, 0.2) is 5.82 Å². The Morgan fingerprint density at radius 2 is 1.82 bits per heavy atom. The van der Waals surface area contributed by atoms with E-state index in [-0.39, 0.29) is 34.2 Å². The number of sulfone groups is 1. The molecule has 1 aliphatic carbocycles. The molecule has 0 aliphatic heterocycles. The Morgan fingerprint density at radius 3 is 2.52 bits per heavy atom. The van der Waals surface area contributed by atoms with Gasteiger partial charge in [-0.05, 0) is 44.4 Å². The Bertz CT molecular complexity index is 1790. The number of aryl methyl sites for hydroxylation is 2. The van der Waals surface area contributed by atoms with Crippen LogP contribution in [0.15, 0.2) is 47.7 Å². The Morgan fingerprint density at radius 1 is 1.07 bits per heavy atom. The van der Waals surface area contributed by atoms with E-state index in [9.17, 15) is 22.0 Å². The Labute approximate surface area is 233 Å². The highest BCUT2D eigenvalue weighted by atomic mass is 35.5. The quantitative estimate of drug-likeness (QED) is 0.310. The molecule has 0 bridgehead atoms. The fourth-order valence-corrected chi connectivity index (χ4v) is 5.87. The molecule has 0 amide bonds. The molecule has 4 aromatic heterocycles. The first kappa shape index (κ1) is 27.8. The number of ether oxygens (including phenoxy) is 1. The topological polar surface area (TPSA) is 117 Å². The lowest BCUT2D eigenvalue weighted by molar-refractivity contribution is 0.292. The molecule has 13 heteroatoms. The van der Waals surface area contributed by atoms with Crippen molar-refractivity contribution >= 4 is 21.4 Å². The molecule has 0 atom stereocenters. The predicted octanol–water partition coefficient (Wildman–Crippen LogP) is 4.50. The van der Waals surface area contributed by atoms with Crippen molar-refractivity contribution in [2.24, 2.45) is 0 Å². The van der Waals surface area contributed by atoms with Crippen molar-refractivity contribution < 1.29 is 21.9 Å². The van der Waals surface area contributed by atoms with Gasteiger partial charge in [-0.2, -0.15) is 0 Å². The van der Waals surface area contributed by atoms with E-state index in [1.54, 1.807) is 44.4 Å². The number of rotatable bonds is 7. The van der Waals surface area contributed by atoms with Gasteiger partial charge in [0.25, 0.3) is 5.56 Å². The van der Waals surface area contributed by atoms with Gasteiger partial charge in [0.2, 0.25) is 0 Å². The SMILES string of the molecule is Cc1cnc(-c2ccnc(C3CC(S(C)(=O)=O)C3)n2)cc1-n1c(C)cc(OCc2ncc(F)cc2F)c(Cl)c1=O. The number of halogens is 3. The first-order valence-electron chi connectivity index (χ1n) is 12.3. The van der Waals surface area contributed by atoms with Gasteiger partial charge in [0, 0.05) is 42.4 Å². The zero-order chi connectivity index (χ0) is 28.8. The number of nitrogens with zero attached hydrogens (tertiary/aromatic N) is 5. The summed E-state index contributed by atoms with van der Waals surface area (Å²) in [7, 11) is -3.10. The van der Waals surface area contributed by atoms with Crippen molar-refractivity contribution in [1.29, 1.82) is 0 Å². The van der Waals surface area contributed by atoms with Gasteiger partial charge in [-0.1, -0.05) is 11.6 Å². The average Bonchev–Trinajstić information content (AvgIpc) is 2.86. The monoisotopic (exact) mass is 587 g/mol. The lowest BCUT2D eigenvalue weighted by Crippen LogP contribution is -2.34. The molecular weight excluding hydrogens is 564 g/mol. The molecule has 208 valence electrons. The first-order valence-corrected chi connectivity index (χ1v) is 14.6. The molecule has 0 spiro atoms. The van der Waals surface area contributed by atoms with Crippen molar-refractivity contribution in [3.63, 3.8) is 0 Å². The largest absolute Gasteiger partial charge is 0.485 e. The summed E-state index contributed by atoms with van der Waals surface area (Å²) in [6.45, 7) is 3.14. The van der Waals surface area contributed by atoms with Gasteiger partial charge in [-0.25, -0.2) is 27.2 Å². The van der Waals surface area contributed by atoms with Crippen LogP contribution in [0.4, 0.5) is 8.78 Å². The van der Waals surface area contributed by atoms with Gasteiger partial charge in [-0.3, -0.25) is 19.3 Å². The highest BCUT2D eigenvalue weighted by Crippen LogP contribution is 2.39. The van der Waals surface area contributed by atoms with E-state index >= 15 is 0 Å². The normalized spacial score (nSPS) is 16.9. The molecule has 0 N–H and O–H groups in total. The number of aromatic nitrogens is 5. The maximum Gasteiger partial charge on any atom is 0.277 e. The molecule has 40 heavy (non-hydrogen) atoms. The molecule has 0 saturated heterocycles. The van der Waals surface area contributed by atoms with E-state index < -0.39 is 27.0 Å². The summed E-state index contributed by atoms with van der Waals surface area (Å²) in [4.78, 5) is 30.5.